The van der Waals surface area contributed by atoms with Crippen LogP contribution in [0.3, 0.4) is 0 Å². The number of aliphatic hydroxyl groups is 1. The number of allylic oxidation sites excluding steroid dienone is 5. The van der Waals surface area contributed by atoms with Crippen molar-refractivity contribution in [2.45, 2.75) is 187 Å². The molecule has 0 aromatic heterocycles. The van der Waals surface area contributed by atoms with Crippen molar-refractivity contribution in [1.82, 2.24) is 10.6 Å². The van der Waals surface area contributed by atoms with E-state index in [-0.39, 0.29) is 30.9 Å². The van der Waals surface area contributed by atoms with Crippen molar-refractivity contribution in [2.24, 2.45) is 0 Å². The Kier molecular flexibility index (Phi) is 33.8. The van der Waals surface area contributed by atoms with Gasteiger partial charge in [-0.25, -0.2) is 4.79 Å². The van der Waals surface area contributed by atoms with Crippen LogP contribution in [0.1, 0.15) is 174 Å². The number of carbonyl (C=O) groups is 4. The third-order valence-corrected chi connectivity index (χ3v) is 8.59. The summed E-state index contributed by atoms with van der Waals surface area (Å²) in [4.78, 5) is 47.3. The molecule has 0 saturated carbocycles. The molecule has 0 aliphatic rings. The molecule has 0 radical (unpaired) electrons. The monoisotopic (exact) mass is 705 g/mol. The molecular weight excluding hydrogens is 632 g/mol. The number of nitrogens with one attached hydrogen (secondary N) is 2. The first-order valence-corrected chi connectivity index (χ1v) is 19.9. The Morgan fingerprint density at radius 2 is 1.14 bits per heavy atom. The highest BCUT2D eigenvalue weighted by Crippen LogP contribution is 2.15. The Balaban J connectivity index is 4.18. The fourth-order valence-electron chi connectivity index (χ4n) is 5.48. The lowest BCUT2D eigenvalue weighted by Crippen LogP contribution is -2.47. The summed E-state index contributed by atoms with van der Waals surface area (Å²) in [5.74, 6) is -2.41. The minimum absolute atomic E-state index is 0.123. The summed E-state index contributed by atoms with van der Waals surface area (Å²) in [5.41, 5.74) is 0. The molecule has 0 aromatic carbocycles. The standard InChI is InChI=1S/C41H72N2O7/c1-3-5-7-9-11-12-13-14-15-16-17-18-19-20-21-23-29-33-40(47)50-36(30-26-22-10-8-6-4-2)31-27-24-25-28-32-38(45)42-34-39(46)43-37(35-44)41(48)49/h11-12,14-15,26,30,36-37,44H,3-10,13,16-25,27-29,31-35H2,1-2H3,(H,42,45)(H,43,46)(H,48,49)/b12-11-,15-14-,30-26-. The van der Waals surface area contributed by atoms with Gasteiger partial charge in [0, 0.05) is 12.8 Å². The molecule has 50 heavy (non-hydrogen) atoms. The first-order chi connectivity index (χ1) is 24.3. The van der Waals surface area contributed by atoms with E-state index in [1.165, 1.54) is 70.6 Å². The normalized spacial score (nSPS) is 12.9. The first kappa shape index (κ1) is 47.1. The molecule has 0 aliphatic heterocycles. The molecule has 9 heteroatoms. The minimum Gasteiger partial charge on any atom is -0.480 e. The van der Waals surface area contributed by atoms with Crippen molar-refractivity contribution in [3.05, 3.63) is 36.5 Å². The van der Waals surface area contributed by atoms with Gasteiger partial charge in [0.1, 0.15) is 12.1 Å². The molecule has 0 spiro atoms. The van der Waals surface area contributed by atoms with Crippen LogP contribution in [-0.4, -0.2) is 59.3 Å². The third-order valence-electron chi connectivity index (χ3n) is 8.59. The number of ether oxygens (including phenoxy) is 1. The molecule has 288 valence electrons. The van der Waals surface area contributed by atoms with Gasteiger partial charge in [0.15, 0.2) is 0 Å². The number of carboxylic acid groups (broad SMARTS) is 1. The Morgan fingerprint density at radius 3 is 1.76 bits per heavy atom. The number of amides is 2. The van der Waals surface area contributed by atoms with E-state index in [1.54, 1.807) is 0 Å². The fraction of sp³-hybridized carbons (Fsp3) is 0.756. The SMILES string of the molecule is CCCCC/C=C\C/C=C\CCCCCCCCCC(=O)OC(/C=C\CCCCCC)CCCCCCC(=O)NCC(=O)NC(CO)C(=O)O. The summed E-state index contributed by atoms with van der Waals surface area (Å²) in [6.45, 7) is 3.38. The Bertz CT molecular complexity index is 947. The van der Waals surface area contributed by atoms with E-state index in [4.69, 9.17) is 14.9 Å². The van der Waals surface area contributed by atoms with Crippen LogP contribution in [0, 0.1) is 0 Å². The summed E-state index contributed by atoms with van der Waals surface area (Å²) < 4.78 is 5.87. The van der Waals surface area contributed by atoms with Gasteiger partial charge >= 0.3 is 11.9 Å². The number of esters is 1. The van der Waals surface area contributed by atoms with E-state index in [2.05, 4.69) is 60.9 Å². The molecule has 2 atom stereocenters. The van der Waals surface area contributed by atoms with Crippen LogP contribution in [0.5, 0.6) is 0 Å². The maximum Gasteiger partial charge on any atom is 0.328 e. The van der Waals surface area contributed by atoms with Gasteiger partial charge in [-0.15, -0.1) is 0 Å². The number of carbonyl (C=O) groups excluding carboxylic acids is 3. The van der Waals surface area contributed by atoms with E-state index < -0.39 is 24.5 Å². The molecule has 2 amide bonds. The van der Waals surface area contributed by atoms with Crippen LogP contribution >= 0.6 is 0 Å². The number of hydrogen-bond donors (Lipinski definition) is 4. The highest BCUT2D eigenvalue weighted by Gasteiger charge is 2.18. The average molecular weight is 705 g/mol. The van der Waals surface area contributed by atoms with E-state index in [0.717, 1.165) is 70.6 Å². The van der Waals surface area contributed by atoms with Gasteiger partial charge < -0.3 is 25.6 Å². The summed E-state index contributed by atoms with van der Waals surface area (Å²) in [6, 6.07) is -1.39. The molecule has 9 nitrogen and oxygen atoms in total. The van der Waals surface area contributed by atoms with Crippen molar-refractivity contribution in [2.75, 3.05) is 13.2 Å². The van der Waals surface area contributed by atoms with E-state index in [1.807, 2.05) is 0 Å². The zero-order chi connectivity index (χ0) is 36.9. The summed E-state index contributed by atoms with van der Waals surface area (Å²) in [6.07, 6.45) is 39.1. The van der Waals surface area contributed by atoms with Gasteiger partial charge in [-0.1, -0.05) is 121 Å². The van der Waals surface area contributed by atoms with Gasteiger partial charge in [-0.05, 0) is 76.7 Å². The summed E-state index contributed by atoms with van der Waals surface area (Å²) >= 11 is 0. The average Bonchev–Trinajstić information content (AvgIpc) is 3.10. The van der Waals surface area contributed by atoms with Crippen molar-refractivity contribution in [1.29, 1.82) is 0 Å². The number of carboxylic acids is 1. The highest BCUT2D eigenvalue weighted by molar-refractivity contribution is 5.87. The molecular formula is C41H72N2O7. The molecule has 0 saturated heterocycles. The van der Waals surface area contributed by atoms with Gasteiger partial charge in [-0.3, -0.25) is 14.4 Å². The van der Waals surface area contributed by atoms with Crippen LogP contribution in [0.25, 0.3) is 0 Å². The topological polar surface area (TPSA) is 142 Å². The molecule has 0 fully saturated rings. The van der Waals surface area contributed by atoms with Crippen molar-refractivity contribution >= 4 is 23.8 Å². The smallest absolute Gasteiger partial charge is 0.328 e. The summed E-state index contributed by atoms with van der Waals surface area (Å²) in [5, 5.41) is 22.5. The van der Waals surface area contributed by atoms with Gasteiger partial charge in [0.25, 0.3) is 0 Å². The predicted molar refractivity (Wildman–Crippen MR) is 204 cm³/mol. The Labute approximate surface area is 304 Å². The Morgan fingerprint density at radius 1 is 0.620 bits per heavy atom. The second kappa shape index (κ2) is 35.9. The zero-order valence-electron chi connectivity index (χ0n) is 31.6. The maximum absolute atomic E-state index is 12.6. The molecule has 4 N–H and O–H groups in total. The molecule has 0 aliphatic carbocycles. The fourth-order valence-corrected chi connectivity index (χ4v) is 5.48. The van der Waals surface area contributed by atoms with Gasteiger partial charge in [0.2, 0.25) is 11.8 Å². The van der Waals surface area contributed by atoms with Gasteiger partial charge in [0.05, 0.1) is 13.2 Å². The van der Waals surface area contributed by atoms with E-state index in [0.29, 0.717) is 12.8 Å². The molecule has 0 rings (SSSR count). The van der Waals surface area contributed by atoms with Crippen molar-refractivity contribution in [3.8, 4) is 0 Å². The second-order valence-corrected chi connectivity index (χ2v) is 13.4. The van der Waals surface area contributed by atoms with Crippen molar-refractivity contribution in [3.63, 3.8) is 0 Å². The third kappa shape index (κ3) is 32.3. The quantitative estimate of drug-likeness (QED) is 0.0293. The highest BCUT2D eigenvalue weighted by atomic mass is 16.5. The van der Waals surface area contributed by atoms with Crippen LogP contribution < -0.4 is 10.6 Å². The zero-order valence-corrected chi connectivity index (χ0v) is 31.6. The van der Waals surface area contributed by atoms with Crippen LogP contribution in [0.4, 0.5) is 0 Å². The van der Waals surface area contributed by atoms with Crippen molar-refractivity contribution < 1.29 is 34.1 Å². The van der Waals surface area contributed by atoms with Crippen LogP contribution in [0.15, 0.2) is 36.5 Å². The lowest BCUT2D eigenvalue weighted by atomic mass is 10.1. The molecule has 0 heterocycles. The predicted octanol–water partition coefficient (Wildman–Crippen LogP) is 9.04. The number of aliphatic carboxylic acids is 1. The summed E-state index contributed by atoms with van der Waals surface area (Å²) in [7, 11) is 0. The van der Waals surface area contributed by atoms with Crippen LogP contribution in [-0.2, 0) is 23.9 Å². The number of hydrogen-bond acceptors (Lipinski definition) is 6. The number of aliphatic hydroxyl groups excluding tert-OH is 1. The minimum atomic E-state index is -1.39. The molecule has 2 unspecified atom stereocenters. The second-order valence-electron chi connectivity index (χ2n) is 13.4. The largest absolute Gasteiger partial charge is 0.480 e. The van der Waals surface area contributed by atoms with Crippen LogP contribution in [0.2, 0.25) is 0 Å². The lowest BCUT2D eigenvalue weighted by molar-refractivity contribution is -0.147. The molecule has 0 bridgehead atoms. The maximum atomic E-state index is 12.6. The molecule has 0 aromatic rings. The first-order valence-electron chi connectivity index (χ1n) is 19.9. The lowest BCUT2D eigenvalue weighted by Gasteiger charge is -2.15. The Hall–Kier alpha value is -2.94. The van der Waals surface area contributed by atoms with E-state index in [9.17, 15) is 19.2 Å². The number of rotatable bonds is 35. The van der Waals surface area contributed by atoms with Gasteiger partial charge in [-0.2, -0.15) is 0 Å². The van der Waals surface area contributed by atoms with E-state index >= 15 is 0 Å². The number of unbranched alkanes of at least 4 members (excludes halogenated alkanes) is 17.